The number of carboxylic acid groups (broad SMARTS) is 1. The summed E-state index contributed by atoms with van der Waals surface area (Å²) in [6.07, 6.45) is 0. The van der Waals surface area contributed by atoms with E-state index in [4.69, 9.17) is 10.2 Å². The molecule has 0 radical (unpaired) electrons. The minimum Gasteiger partial charge on any atom is -0.480 e. The van der Waals surface area contributed by atoms with Crippen molar-refractivity contribution in [3.05, 3.63) is 0 Å². The summed E-state index contributed by atoms with van der Waals surface area (Å²) >= 11 is 0. The van der Waals surface area contributed by atoms with E-state index in [-0.39, 0.29) is 29.6 Å². The number of rotatable bonds is 3. The summed E-state index contributed by atoms with van der Waals surface area (Å²) in [6.45, 7) is -0.418. The van der Waals surface area contributed by atoms with Crippen molar-refractivity contribution in [3.8, 4) is 0 Å². The molecular formula is C3H7NNaO3P. The molecule has 0 bridgehead atoms. The van der Waals surface area contributed by atoms with Crippen molar-refractivity contribution in [2.75, 3.05) is 6.61 Å². The molecule has 3 N–H and O–H groups in total. The number of nitrogens with one attached hydrogen (secondary N) is 1. The molecule has 0 aromatic rings. The van der Waals surface area contributed by atoms with Gasteiger partial charge in [0, 0.05) is 0 Å². The Labute approximate surface area is 77.6 Å². The van der Waals surface area contributed by atoms with Crippen LogP contribution in [0.2, 0.25) is 0 Å². The average Bonchev–Trinajstić information content (AvgIpc) is 1.69. The second kappa shape index (κ2) is 6.93. The molecule has 0 aromatic carbocycles. The number of aliphatic hydroxyl groups excluding tert-OH is 1. The van der Waals surface area contributed by atoms with E-state index < -0.39 is 18.6 Å². The molecular weight excluding hydrogens is 152 g/mol. The number of carboxylic acids is 1. The molecule has 0 spiro atoms. The Balaban J connectivity index is 0. The number of aliphatic carboxylic acids is 1. The SMILES string of the molecule is O=C(O)[C@H](CO)N[PH-].[Na+]. The second-order valence-corrected chi connectivity index (χ2v) is 1.51. The molecule has 48 valence electrons. The van der Waals surface area contributed by atoms with Crippen LogP contribution < -0.4 is 34.6 Å². The first kappa shape index (κ1) is 12.5. The Morgan fingerprint density at radius 1 is 1.78 bits per heavy atom. The van der Waals surface area contributed by atoms with Crippen LogP contribution >= 0.6 is 9.39 Å². The van der Waals surface area contributed by atoms with Gasteiger partial charge in [-0.15, -0.1) is 0 Å². The van der Waals surface area contributed by atoms with E-state index in [9.17, 15) is 4.79 Å². The van der Waals surface area contributed by atoms with E-state index in [1.807, 2.05) is 0 Å². The summed E-state index contributed by atoms with van der Waals surface area (Å²) in [5.41, 5.74) is 0. The number of hydrogen-bond acceptors (Lipinski definition) is 3. The van der Waals surface area contributed by atoms with Gasteiger partial charge in [-0.1, -0.05) is 0 Å². The van der Waals surface area contributed by atoms with E-state index in [2.05, 4.69) is 14.5 Å². The second-order valence-electron chi connectivity index (χ2n) is 1.22. The minimum atomic E-state index is -1.08. The van der Waals surface area contributed by atoms with Gasteiger partial charge in [-0.25, -0.2) is 0 Å². The van der Waals surface area contributed by atoms with Gasteiger partial charge in [0.15, 0.2) is 0 Å². The standard InChI is InChI=1S/C3H7NO3P.Na/c5-1-2(4-8)3(6)7;/h2,4-5,8H,1H2,(H,6,7);/q-1;+1/t2-;/m0./s1. The Kier molecular flexibility index (Phi) is 9.62. The van der Waals surface area contributed by atoms with Crippen LogP contribution in [-0.4, -0.2) is 28.8 Å². The first-order chi connectivity index (χ1) is 3.72. The summed E-state index contributed by atoms with van der Waals surface area (Å²) in [7, 11) is 2.73. The van der Waals surface area contributed by atoms with E-state index in [0.29, 0.717) is 0 Å². The van der Waals surface area contributed by atoms with Gasteiger partial charge >= 0.3 is 35.5 Å². The van der Waals surface area contributed by atoms with E-state index >= 15 is 0 Å². The number of aliphatic hydroxyl groups is 1. The number of carbonyl (C=O) groups is 1. The zero-order valence-electron chi connectivity index (χ0n) is 5.09. The third kappa shape index (κ3) is 5.27. The minimum absolute atomic E-state index is 0. The van der Waals surface area contributed by atoms with Crippen molar-refractivity contribution in [1.82, 2.24) is 5.09 Å². The third-order valence-corrected chi connectivity index (χ3v) is 1.00. The molecule has 0 unspecified atom stereocenters. The van der Waals surface area contributed by atoms with Crippen LogP contribution in [0, 0.1) is 0 Å². The molecule has 0 aliphatic rings. The largest absolute Gasteiger partial charge is 1.00 e. The zero-order chi connectivity index (χ0) is 6.57. The molecule has 6 heteroatoms. The van der Waals surface area contributed by atoms with Gasteiger partial charge < -0.3 is 24.7 Å². The van der Waals surface area contributed by atoms with Crippen molar-refractivity contribution in [1.29, 1.82) is 0 Å². The first-order valence-electron chi connectivity index (χ1n) is 1.98. The maximum Gasteiger partial charge on any atom is 1.00 e. The summed E-state index contributed by atoms with van der Waals surface area (Å²) < 4.78 is 0. The van der Waals surface area contributed by atoms with Crippen LogP contribution in [0.3, 0.4) is 0 Å². The molecule has 4 nitrogen and oxygen atoms in total. The maximum atomic E-state index is 9.91. The molecule has 0 rings (SSSR count). The van der Waals surface area contributed by atoms with E-state index in [0.717, 1.165) is 0 Å². The van der Waals surface area contributed by atoms with Crippen molar-refractivity contribution >= 4 is 15.4 Å². The molecule has 0 heterocycles. The van der Waals surface area contributed by atoms with Gasteiger partial charge in [0.25, 0.3) is 0 Å². The maximum absolute atomic E-state index is 9.91. The molecule has 0 aliphatic carbocycles. The molecule has 1 atom stereocenters. The Morgan fingerprint density at radius 3 is 2.22 bits per heavy atom. The third-order valence-electron chi connectivity index (χ3n) is 0.655. The van der Waals surface area contributed by atoms with Crippen LogP contribution in [0.5, 0.6) is 0 Å². The van der Waals surface area contributed by atoms with Gasteiger partial charge in [-0.2, -0.15) is 0 Å². The van der Waals surface area contributed by atoms with Crippen molar-refractivity contribution < 1.29 is 44.6 Å². The van der Waals surface area contributed by atoms with Crippen molar-refractivity contribution in [2.24, 2.45) is 0 Å². The van der Waals surface area contributed by atoms with Crippen LogP contribution in [0.4, 0.5) is 0 Å². The van der Waals surface area contributed by atoms with Crippen molar-refractivity contribution in [3.63, 3.8) is 0 Å². The van der Waals surface area contributed by atoms with Crippen LogP contribution in [0.15, 0.2) is 0 Å². The zero-order valence-corrected chi connectivity index (χ0v) is 8.09. The Morgan fingerprint density at radius 2 is 2.22 bits per heavy atom. The molecule has 9 heavy (non-hydrogen) atoms. The van der Waals surface area contributed by atoms with E-state index in [1.165, 1.54) is 0 Å². The summed E-state index contributed by atoms with van der Waals surface area (Å²) in [4.78, 5) is 9.91. The summed E-state index contributed by atoms with van der Waals surface area (Å²) in [5.74, 6) is -1.08. The Bertz CT molecular complexity index is 87.1. The summed E-state index contributed by atoms with van der Waals surface area (Å²) in [6, 6.07) is -0.910. The monoisotopic (exact) mass is 159 g/mol. The predicted molar refractivity (Wildman–Crippen MR) is 30.0 cm³/mol. The van der Waals surface area contributed by atoms with Crippen molar-refractivity contribution in [2.45, 2.75) is 6.04 Å². The quantitative estimate of drug-likeness (QED) is 0.290. The van der Waals surface area contributed by atoms with Crippen LogP contribution in [-0.2, 0) is 4.79 Å². The van der Waals surface area contributed by atoms with Gasteiger partial charge in [0.2, 0.25) is 0 Å². The fourth-order valence-electron chi connectivity index (χ4n) is 0.185. The predicted octanol–water partition coefficient (Wildman–Crippen LogP) is -3.92. The molecule has 0 amide bonds. The molecule has 0 saturated heterocycles. The molecule has 0 aliphatic heterocycles. The normalized spacial score (nSPS) is 11.8. The topological polar surface area (TPSA) is 69.6 Å². The molecule has 0 fully saturated rings. The average molecular weight is 159 g/mol. The van der Waals surface area contributed by atoms with Gasteiger partial charge in [0.05, 0.1) is 6.61 Å². The van der Waals surface area contributed by atoms with Gasteiger partial charge in [0.1, 0.15) is 6.04 Å². The van der Waals surface area contributed by atoms with Crippen LogP contribution in [0.25, 0.3) is 0 Å². The fraction of sp³-hybridized carbons (Fsp3) is 0.667. The van der Waals surface area contributed by atoms with Gasteiger partial charge in [-0.05, 0) is 0 Å². The number of hydrogen-bond donors (Lipinski definition) is 3. The molecule has 0 aromatic heterocycles. The van der Waals surface area contributed by atoms with Crippen LogP contribution in [0.1, 0.15) is 0 Å². The van der Waals surface area contributed by atoms with Gasteiger partial charge in [-0.3, -0.25) is 4.79 Å². The fourth-order valence-corrected chi connectivity index (χ4v) is 0.400. The van der Waals surface area contributed by atoms with E-state index in [1.54, 1.807) is 0 Å². The first-order valence-corrected chi connectivity index (χ1v) is 2.48. The molecule has 0 saturated carbocycles. The smallest absolute Gasteiger partial charge is 0.480 e. The summed E-state index contributed by atoms with van der Waals surface area (Å²) in [5, 5.41) is 18.5. The Hall–Kier alpha value is 0.820.